The zero-order chi connectivity index (χ0) is 19.4. The van der Waals surface area contributed by atoms with Crippen molar-refractivity contribution in [3.63, 3.8) is 0 Å². The van der Waals surface area contributed by atoms with Crippen molar-refractivity contribution in [3.05, 3.63) is 77.0 Å². The number of phenols is 1. The number of nitrogens with one attached hydrogen (secondary N) is 1. The second-order valence-corrected chi connectivity index (χ2v) is 5.79. The Morgan fingerprint density at radius 2 is 1.89 bits per heavy atom. The van der Waals surface area contributed by atoms with Gasteiger partial charge in [0.1, 0.15) is 17.3 Å². The Bertz CT molecular complexity index is 1040. The summed E-state index contributed by atoms with van der Waals surface area (Å²) >= 11 is 0. The molecule has 7 heteroatoms. The van der Waals surface area contributed by atoms with Crippen LogP contribution in [0.15, 0.2) is 64.1 Å². The van der Waals surface area contributed by atoms with Crippen molar-refractivity contribution >= 4 is 18.1 Å². The van der Waals surface area contributed by atoms with Gasteiger partial charge in [0.15, 0.2) is 0 Å². The second kappa shape index (κ2) is 7.57. The number of aromatic hydroxyl groups is 1. The van der Waals surface area contributed by atoms with Gasteiger partial charge in [-0.15, -0.1) is 0 Å². The lowest BCUT2D eigenvalue weighted by Gasteiger charge is -2.03. The van der Waals surface area contributed by atoms with Crippen molar-refractivity contribution in [2.75, 3.05) is 0 Å². The first-order valence-corrected chi connectivity index (χ1v) is 8.00. The van der Waals surface area contributed by atoms with Crippen LogP contribution in [0.2, 0.25) is 0 Å². The summed E-state index contributed by atoms with van der Waals surface area (Å²) < 4.78 is 5.67. The number of aromatic carboxylic acids is 1. The fraction of sp³-hybridized carbons (Fsp3) is 0.0500. The summed E-state index contributed by atoms with van der Waals surface area (Å²) in [6.45, 7) is 1.80. The van der Waals surface area contributed by atoms with Gasteiger partial charge >= 0.3 is 5.97 Å². The molecule has 136 valence electrons. The minimum Gasteiger partial charge on any atom is -0.508 e. The molecule has 0 saturated heterocycles. The van der Waals surface area contributed by atoms with E-state index in [0.29, 0.717) is 11.5 Å². The van der Waals surface area contributed by atoms with E-state index < -0.39 is 11.9 Å². The summed E-state index contributed by atoms with van der Waals surface area (Å²) in [5.41, 5.74) is 4.37. The highest BCUT2D eigenvalue weighted by molar-refractivity contribution is 5.95. The van der Waals surface area contributed by atoms with Gasteiger partial charge in [0.25, 0.3) is 5.91 Å². The maximum atomic E-state index is 11.9. The molecule has 0 saturated carbocycles. The summed E-state index contributed by atoms with van der Waals surface area (Å²) in [7, 11) is 0. The Kier molecular flexibility index (Phi) is 5.03. The van der Waals surface area contributed by atoms with Crippen molar-refractivity contribution in [1.82, 2.24) is 5.43 Å². The molecule has 0 radical (unpaired) electrons. The Balaban J connectivity index is 1.70. The van der Waals surface area contributed by atoms with E-state index in [-0.39, 0.29) is 16.9 Å². The SMILES string of the molecule is Cc1cc(C(=O)O)ccc1-c1ccc(/C=N/NC(=O)c2cccc(O)c2)o1. The summed E-state index contributed by atoms with van der Waals surface area (Å²) in [5.74, 6) is -0.479. The number of hydrazone groups is 1. The molecule has 0 unspecified atom stereocenters. The molecule has 0 bridgehead atoms. The van der Waals surface area contributed by atoms with Crippen molar-refractivity contribution in [2.45, 2.75) is 6.92 Å². The molecule has 3 rings (SSSR count). The number of aryl methyl sites for hydroxylation is 1. The molecule has 7 nitrogen and oxygen atoms in total. The highest BCUT2D eigenvalue weighted by Gasteiger charge is 2.10. The monoisotopic (exact) mass is 364 g/mol. The lowest BCUT2D eigenvalue weighted by molar-refractivity contribution is 0.0696. The molecule has 0 aliphatic carbocycles. The van der Waals surface area contributed by atoms with Crippen LogP contribution in [0, 0.1) is 6.92 Å². The number of hydrogen-bond acceptors (Lipinski definition) is 5. The number of carboxylic acid groups (broad SMARTS) is 1. The first-order chi connectivity index (χ1) is 12.9. The molecule has 0 spiro atoms. The van der Waals surface area contributed by atoms with Crippen LogP contribution in [0.1, 0.15) is 32.0 Å². The summed E-state index contributed by atoms with van der Waals surface area (Å²) in [6.07, 6.45) is 1.35. The number of carbonyl (C=O) groups excluding carboxylic acids is 1. The van der Waals surface area contributed by atoms with Crippen LogP contribution in [0.4, 0.5) is 0 Å². The van der Waals surface area contributed by atoms with E-state index in [1.807, 2.05) is 0 Å². The number of hydrogen-bond donors (Lipinski definition) is 3. The zero-order valence-electron chi connectivity index (χ0n) is 14.3. The van der Waals surface area contributed by atoms with Crippen molar-refractivity contribution in [3.8, 4) is 17.1 Å². The first-order valence-electron chi connectivity index (χ1n) is 8.00. The smallest absolute Gasteiger partial charge is 0.335 e. The molecule has 0 aliphatic heterocycles. The molecule has 0 fully saturated rings. The van der Waals surface area contributed by atoms with Crippen LogP contribution in [0.3, 0.4) is 0 Å². The lowest BCUT2D eigenvalue weighted by Crippen LogP contribution is -2.17. The Hall–Kier alpha value is -3.87. The molecule has 0 aliphatic rings. The summed E-state index contributed by atoms with van der Waals surface area (Å²) in [4.78, 5) is 22.9. The Morgan fingerprint density at radius 1 is 1.07 bits per heavy atom. The standard InChI is InChI=1S/C20H16N2O5/c1-12-9-14(20(25)26)5-7-17(12)18-8-6-16(27-18)11-21-22-19(24)13-3-2-4-15(23)10-13/h2-11,23H,1H3,(H,22,24)(H,25,26)/b21-11+. The maximum Gasteiger partial charge on any atom is 0.335 e. The van der Waals surface area contributed by atoms with Crippen LogP contribution in [-0.2, 0) is 0 Å². The van der Waals surface area contributed by atoms with E-state index in [2.05, 4.69) is 10.5 Å². The Labute approximate surface area is 154 Å². The molecule has 1 heterocycles. The Morgan fingerprint density at radius 3 is 2.59 bits per heavy atom. The minimum atomic E-state index is -0.987. The third-order valence-corrected chi connectivity index (χ3v) is 3.83. The molecule has 1 aromatic heterocycles. The normalized spacial score (nSPS) is 10.9. The van der Waals surface area contributed by atoms with Crippen LogP contribution in [0.5, 0.6) is 5.75 Å². The highest BCUT2D eigenvalue weighted by atomic mass is 16.4. The van der Waals surface area contributed by atoms with E-state index in [0.717, 1.165) is 11.1 Å². The quantitative estimate of drug-likeness (QED) is 0.474. The van der Waals surface area contributed by atoms with Gasteiger partial charge in [0.05, 0.1) is 11.8 Å². The summed E-state index contributed by atoms with van der Waals surface area (Å²) in [6, 6.07) is 14.1. The molecule has 27 heavy (non-hydrogen) atoms. The number of amides is 1. The van der Waals surface area contributed by atoms with Gasteiger partial charge < -0.3 is 14.6 Å². The van der Waals surface area contributed by atoms with Gasteiger partial charge in [-0.3, -0.25) is 4.79 Å². The predicted octanol–water partition coefficient (Wildman–Crippen LogP) is 3.42. The fourth-order valence-corrected chi connectivity index (χ4v) is 2.51. The molecule has 1 amide bonds. The topological polar surface area (TPSA) is 112 Å². The van der Waals surface area contributed by atoms with Gasteiger partial charge in [-0.25, -0.2) is 10.2 Å². The maximum absolute atomic E-state index is 11.9. The largest absolute Gasteiger partial charge is 0.508 e. The number of rotatable bonds is 5. The van der Waals surface area contributed by atoms with E-state index in [1.54, 1.807) is 43.3 Å². The average molecular weight is 364 g/mol. The van der Waals surface area contributed by atoms with Gasteiger partial charge in [-0.05, 0) is 55.0 Å². The predicted molar refractivity (Wildman–Crippen MR) is 99.0 cm³/mol. The van der Waals surface area contributed by atoms with Crippen molar-refractivity contribution < 1.29 is 24.2 Å². The van der Waals surface area contributed by atoms with Crippen LogP contribution in [-0.4, -0.2) is 28.3 Å². The van der Waals surface area contributed by atoms with E-state index >= 15 is 0 Å². The molecule has 3 N–H and O–H groups in total. The fourth-order valence-electron chi connectivity index (χ4n) is 2.51. The first kappa shape index (κ1) is 17.9. The van der Waals surface area contributed by atoms with Crippen molar-refractivity contribution in [2.24, 2.45) is 5.10 Å². The number of nitrogens with zero attached hydrogens (tertiary/aromatic N) is 1. The highest BCUT2D eigenvalue weighted by Crippen LogP contribution is 2.26. The van der Waals surface area contributed by atoms with Gasteiger partial charge in [-0.2, -0.15) is 5.10 Å². The number of phenolic OH excluding ortho intramolecular Hbond substituents is 1. The number of carbonyl (C=O) groups is 2. The average Bonchev–Trinajstić information content (AvgIpc) is 3.10. The van der Waals surface area contributed by atoms with Gasteiger partial charge in [0, 0.05) is 11.1 Å². The molecule has 3 aromatic rings. The minimum absolute atomic E-state index is 0.00778. The summed E-state index contributed by atoms with van der Waals surface area (Å²) in [5, 5.41) is 22.2. The third-order valence-electron chi connectivity index (χ3n) is 3.83. The second-order valence-electron chi connectivity index (χ2n) is 5.79. The van der Waals surface area contributed by atoms with Crippen molar-refractivity contribution in [1.29, 1.82) is 0 Å². The third kappa shape index (κ3) is 4.21. The van der Waals surface area contributed by atoms with Gasteiger partial charge in [-0.1, -0.05) is 12.1 Å². The van der Waals surface area contributed by atoms with E-state index in [1.165, 1.54) is 24.4 Å². The molecule has 0 atom stereocenters. The number of benzene rings is 2. The van der Waals surface area contributed by atoms with E-state index in [4.69, 9.17) is 9.52 Å². The molecule has 2 aromatic carbocycles. The zero-order valence-corrected chi connectivity index (χ0v) is 14.3. The number of carboxylic acids is 1. The number of furan rings is 1. The van der Waals surface area contributed by atoms with Crippen LogP contribution < -0.4 is 5.43 Å². The lowest BCUT2D eigenvalue weighted by atomic mass is 10.0. The van der Waals surface area contributed by atoms with E-state index in [9.17, 15) is 14.7 Å². The molecular formula is C20H16N2O5. The van der Waals surface area contributed by atoms with Gasteiger partial charge in [0.2, 0.25) is 0 Å². The van der Waals surface area contributed by atoms with Crippen LogP contribution >= 0.6 is 0 Å². The van der Waals surface area contributed by atoms with Crippen LogP contribution in [0.25, 0.3) is 11.3 Å². The molecular weight excluding hydrogens is 348 g/mol.